The molecule has 1 N–H and O–H groups in total. The van der Waals surface area contributed by atoms with Crippen molar-refractivity contribution in [3.63, 3.8) is 0 Å². The molecule has 1 amide bonds. The molecule has 5 nitrogen and oxygen atoms in total. The molecular formula is C20H24N2O3S. The van der Waals surface area contributed by atoms with E-state index in [-0.39, 0.29) is 10.8 Å². The quantitative estimate of drug-likeness (QED) is 0.878. The number of sulfonamides is 1. The maximum Gasteiger partial charge on any atom is 0.243 e. The topological polar surface area (TPSA) is 66.5 Å². The van der Waals surface area contributed by atoms with Crippen LogP contribution in [0.5, 0.6) is 0 Å². The van der Waals surface area contributed by atoms with Gasteiger partial charge in [0.05, 0.1) is 4.90 Å². The minimum atomic E-state index is -3.67. The van der Waals surface area contributed by atoms with E-state index in [1.54, 1.807) is 24.3 Å². The highest BCUT2D eigenvalue weighted by molar-refractivity contribution is 7.89. The first-order valence-corrected chi connectivity index (χ1v) is 10.2. The molecule has 6 heteroatoms. The monoisotopic (exact) mass is 372 g/mol. The number of carbonyl (C=O) groups is 1. The zero-order valence-electron chi connectivity index (χ0n) is 15.1. The molecule has 1 atom stereocenters. The molecule has 0 radical (unpaired) electrons. The Kier molecular flexibility index (Phi) is 5.44. The molecule has 3 rings (SSSR count). The Balaban J connectivity index is 1.71. The van der Waals surface area contributed by atoms with Crippen LogP contribution in [0.4, 0.5) is 0 Å². The SMILES string of the molecule is Cc1ccc(CNC(=O)C2CCCN2S(=O)(=O)c2ccc(C)cc2)cc1. The molecule has 0 saturated carbocycles. The van der Waals surface area contributed by atoms with Crippen LogP contribution < -0.4 is 5.32 Å². The number of nitrogens with zero attached hydrogens (tertiary/aromatic N) is 1. The second-order valence-electron chi connectivity index (χ2n) is 6.79. The molecule has 0 spiro atoms. The van der Waals surface area contributed by atoms with Crippen molar-refractivity contribution in [2.24, 2.45) is 0 Å². The van der Waals surface area contributed by atoms with E-state index in [0.717, 1.165) is 16.7 Å². The van der Waals surface area contributed by atoms with E-state index in [1.807, 2.05) is 38.1 Å². The van der Waals surface area contributed by atoms with E-state index in [2.05, 4.69) is 5.32 Å². The number of hydrogen-bond acceptors (Lipinski definition) is 3. The molecule has 1 saturated heterocycles. The summed E-state index contributed by atoms with van der Waals surface area (Å²) in [6.45, 7) is 4.69. The summed E-state index contributed by atoms with van der Waals surface area (Å²) < 4.78 is 27.2. The fourth-order valence-corrected chi connectivity index (χ4v) is 4.80. The van der Waals surface area contributed by atoms with E-state index in [1.165, 1.54) is 4.31 Å². The Morgan fingerprint density at radius 2 is 1.62 bits per heavy atom. The molecule has 26 heavy (non-hydrogen) atoms. The predicted octanol–water partition coefficient (Wildman–Crippen LogP) is 2.77. The summed E-state index contributed by atoms with van der Waals surface area (Å²) in [5.74, 6) is -0.237. The number of hydrogen-bond donors (Lipinski definition) is 1. The van der Waals surface area contributed by atoms with Crippen molar-refractivity contribution < 1.29 is 13.2 Å². The highest BCUT2D eigenvalue weighted by Crippen LogP contribution is 2.26. The Morgan fingerprint density at radius 3 is 2.23 bits per heavy atom. The molecular weight excluding hydrogens is 348 g/mol. The second kappa shape index (κ2) is 7.60. The number of amides is 1. The molecule has 138 valence electrons. The van der Waals surface area contributed by atoms with Gasteiger partial charge in [0.25, 0.3) is 0 Å². The van der Waals surface area contributed by atoms with Crippen molar-refractivity contribution in [1.82, 2.24) is 9.62 Å². The van der Waals surface area contributed by atoms with Gasteiger partial charge in [-0.25, -0.2) is 8.42 Å². The minimum Gasteiger partial charge on any atom is -0.351 e. The first kappa shape index (κ1) is 18.6. The van der Waals surface area contributed by atoms with Crippen LogP contribution in [0.2, 0.25) is 0 Å². The lowest BCUT2D eigenvalue weighted by molar-refractivity contribution is -0.124. The molecule has 1 unspecified atom stereocenters. The number of aryl methyl sites for hydroxylation is 2. The number of nitrogens with one attached hydrogen (secondary N) is 1. The average Bonchev–Trinajstić information content (AvgIpc) is 3.12. The molecule has 1 fully saturated rings. The van der Waals surface area contributed by atoms with E-state index < -0.39 is 16.1 Å². The Labute approximate surface area is 155 Å². The van der Waals surface area contributed by atoms with Gasteiger partial charge in [0.1, 0.15) is 6.04 Å². The maximum atomic E-state index is 12.9. The first-order valence-electron chi connectivity index (χ1n) is 8.80. The highest BCUT2D eigenvalue weighted by atomic mass is 32.2. The summed E-state index contributed by atoms with van der Waals surface area (Å²) in [5, 5.41) is 2.88. The molecule has 2 aromatic rings. The predicted molar refractivity (Wildman–Crippen MR) is 101 cm³/mol. The summed E-state index contributed by atoms with van der Waals surface area (Å²) in [6, 6.07) is 14.0. The van der Waals surface area contributed by atoms with Gasteiger partial charge in [0, 0.05) is 13.1 Å². The van der Waals surface area contributed by atoms with Gasteiger partial charge >= 0.3 is 0 Å². The Morgan fingerprint density at radius 1 is 1.04 bits per heavy atom. The number of rotatable bonds is 5. The van der Waals surface area contributed by atoms with Crippen LogP contribution in [0.1, 0.15) is 29.5 Å². The van der Waals surface area contributed by atoms with Gasteiger partial charge in [-0.3, -0.25) is 4.79 Å². The van der Waals surface area contributed by atoms with Gasteiger partial charge < -0.3 is 5.32 Å². The lowest BCUT2D eigenvalue weighted by Crippen LogP contribution is -2.45. The number of benzene rings is 2. The van der Waals surface area contributed by atoms with E-state index in [4.69, 9.17) is 0 Å². The molecule has 1 aliphatic rings. The largest absolute Gasteiger partial charge is 0.351 e. The summed E-state index contributed by atoms with van der Waals surface area (Å²) in [4.78, 5) is 12.8. The van der Waals surface area contributed by atoms with Crippen LogP contribution in [-0.2, 0) is 21.4 Å². The van der Waals surface area contributed by atoms with E-state index in [0.29, 0.717) is 25.9 Å². The van der Waals surface area contributed by atoms with Gasteiger partial charge in [-0.1, -0.05) is 47.5 Å². The van der Waals surface area contributed by atoms with Crippen LogP contribution in [0.25, 0.3) is 0 Å². The third-order valence-corrected chi connectivity index (χ3v) is 6.64. The molecule has 0 aromatic heterocycles. The lowest BCUT2D eigenvalue weighted by atomic mass is 10.1. The van der Waals surface area contributed by atoms with Gasteiger partial charge in [0.15, 0.2) is 0 Å². The highest BCUT2D eigenvalue weighted by Gasteiger charge is 2.39. The third-order valence-electron chi connectivity index (χ3n) is 4.72. The molecule has 1 aliphatic heterocycles. The van der Waals surface area contributed by atoms with Gasteiger partial charge in [-0.15, -0.1) is 0 Å². The fraction of sp³-hybridized carbons (Fsp3) is 0.350. The first-order chi connectivity index (χ1) is 12.4. The summed E-state index contributed by atoms with van der Waals surface area (Å²) in [7, 11) is -3.67. The van der Waals surface area contributed by atoms with Crippen LogP contribution >= 0.6 is 0 Å². The van der Waals surface area contributed by atoms with Gasteiger partial charge in [0.2, 0.25) is 15.9 Å². The minimum absolute atomic E-state index is 0.237. The van der Waals surface area contributed by atoms with Crippen molar-refractivity contribution in [3.05, 3.63) is 65.2 Å². The van der Waals surface area contributed by atoms with E-state index >= 15 is 0 Å². The fourth-order valence-electron chi connectivity index (χ4n) is 3.15. The molecule has 1 heterocycles. The molecule has 2 aromatic carbocycles. The van der Waals surface area contributed by atoms with Gasteiger partial charge in [-0.2, -0.15) is 4.31 Å². The normalized spacial score (nSPS) is 18.0. The second-order valence-corrected chi connectivity index (χ2v) is 8.68. The average molecular weight is 372 g/mol. The van der Waals surface area contributed by atoms with Crippen LogP contribution in [0.3, 0.4) is 0 Å². The van der Waals surface area contributed by atoms with Crippen LogP contribution in [0.15, 0.2) is 53.4 Å². The summed E-state index contributed by atoms with van der Waals surface area (Å²) >= 11 is 0. The zero-order chi connectivity index (χ0) is 18.7. The van der Waals surface area contributed by atoms with Gasteiger partial charge in [-0.05, 0) is 44.4 Å². The third kappa shape index (κ3) is 3.97. The standard InChI is InChI=1S/C20H24N2O3S/c1-15-5-9-17(10-6-15)14-21-20(23)19-4-3-13-22(19)26(24,25)18-11-7-16(2)8-12-18/h5-12,19H,3-4,13-14H2,1-2H3,(H,21,23). The summed E-state index contributed by atoms with van der Waals surface area (Å²) in [6.07, 6.45) is 1.23. The van der Waals surface area contributed by atoms with E-state index in [9.17, 15) is 13.2 Å². The number of carbonyl (C=O) groups excluding carboxylic acids is 1. The van der Waals surface area contributed by atoms with Crippen molar-refractivity contribution in [1.29, 1.82) is 0 Å². The van der Waals surface area contributed by atoms with Crippen LogP contribution in [0, 0.1) is 13.8 Å². The summed E-state index contributed by atoms with van der Waals surface area (Å²) in [5.41, 5.74) is 3.15. The molecule has 0 bridgehead atoms. The lowest BCUT2D eigenvalue weighted by Gasteiger charge is -2.23. The Bertz CT molecular complexity index is 874. The van der Waals surface area contributed by atoms with Crippen molar-refractivity contribution in [2.75, 3.05) is 6.54 Å². The smallest absolute Gasteiger partial charge is 0.243 e. The van der Waals surface area contributed by atoms with Crippen LogP contribution in [-0.4, -0.2) is 31.2 Å². The molecule has 0 aliphatic carbocycles. The van der Waals surface area contributed by atoms with Crippen molar-refractivity contribution >= 4 is 15.9 Å². The zero-order valence-corrected chi connectivity index (χ0v) is 15.9. The van der Waals surface area contributed by atoms with Crippen molar-refractivity contribution in [3.8, 4) is 0 Å². The van der Waals surface area contributed by atoms with Crippen molar-refractivity contribution in [2.45, 2.75) is 44.2 Å². The maximum absolute atomic E-state index is 12.9. The Hall–Kier alpha value is -2.18.